The van der Waals surface area contributed by atoms with Crippen molar-refractivity contribution in [1.82, 2.24) is 0 Å². The van der Waals surface area contributed by atoms with Crippen molar-refractivity contribution < 1.29 is 14.3 Å². The van der Waals surface area contributed by atoms with Crippen LogP contribution in [0.15, 0.2) is 24.3 Å². The van der Waals surface area contributed by atoms with E-state index in [1.807, 2.05) is 6.08 Å². The van der Waals surface area contributed by atoms with E-state index >= 15 is 0 Å². The second-order valence-electron chi connectivity index (χ2n) is 9.56. The Kier molecular flexibility index (Phi) is 4.40. The molecule has 6 atom stereocenters. The average molecular weight is 357 g/mol. The molecule has 3 saturated carbocycles. The molecule has 4 rings (SSSR count). The summed E-state index contributed by atoms with van der Waals surface area (Å²) in [6.45, 7) is 8.74. The highest BCUT2D eigenvalue weighted by Gasteiger charge is 2.60. The summed E-state index contributed by atoms with van der Waals surface area (Å²) in [4.78, 5) is 24.6. The van der Waals surface area contributed by atoms with Gasteiger partial charge in [0.15, 0.2) is 5.78 Å². The van der Waals surface area contributed by atoms with E-state index in [0.29, 0.717) is 36.6 Å². The Bertz CT molecular complexity index is 662. The fourth-order valence-corrected chi connectivity index (χ4v) is 7.19. The van der Waals surface area contributed by atoms with Gasteiger partial charge in [-0.3, -0.25) is 9.59 Å². The molecule has 26 heavy (non-hydrogen) atoms. The van der Waals surface area contributed by atoms with Crippen molar-refractivity contribution in [1.29, 1.82) is 0 Å². The van der Waals surface area contributed by atoms with Gasteiger partial charge >= 0.3 is 5.97 Å². The van der Waals surface area contributed by atoms with Crippen molar-refractivity contribution in [2.75, 3.05) is 6.61 Å². The Morgan fingerprint density at radius 2 is 2.00 bits per heavy atom. The third kappa shape index (κ3) is 2.53. The molecule has 0 heterocycles. The van der Waals surface area contributed by atoms with Gasteiger partial charge in [0.25, 0.3) is 0 Å². The maximum absolute atomic E-state index is 12.6. The van der Waals surface area contributed by atoms with Crippen molar-refractivity contribution in [2.24, 2.45) is 34.5 Å². The Morgan fingerprint density at radius 1 is 1.19 bits per heavy atom. The molecule has 1 unspecified atom stereocenters. The third-order valence-electron chi connectivity index (χ3n) is 8.59. The summed E-state index contributed by atoms with van der Waals surface area (Å²) in [7, 11) is 0. The van der Waals surface area contributed by atoms with Crippen LogP contribution in [0.25, 0.3) is 0 Å². The van der Waals surface area contributed by atoms with E-state index < -0.39 is 0 Å². The first-order valence-electron chi connectivity index (χ1n) is 10.4. The van der Waals surface area contributed by atoms with Crippen molar-refractivity contribution in [3.8, 4) is 0 Å². The maximum atomic E-state index is 12.6. The van der Waals surface area contributed by atoms with Crippen LogP contribution in [0.5, 0.6) is 0 Å². The average Bonchev–Trinajstić information content (AvgIpc) is 2.97. The first-order chi connectivity index (χ1) is 12.4. The lowest BCUT2D eigenvalue weighted by atomic mass is 9.47. The monoisotopic (exact) mass is 356 g/mol. The summed E-state index contributed by atoms with van der Waals surface area (Å²) in [5, 5.41) is 0. The zero-order valence-corrected chi connectivity index (χ0v) is 16.3. The predicted molar refractivity (Wildman–Crippen MR) is 101 cm³/mol. The minimum absolute atomic E-state index is 0.0146. The van der Waals surface area contributed by atoms with Crippen molar-refractivity contribution >= 4 is 11.8 Å². The van der Waals surface area contributed by atoms with Gasteiger partial charge in [-0.15, -0.1) is 0 Å². The number of fused-ring (bicyclic) bond motifs is 5. The topological polar surface area (TPSA) is 43.4 Å². The number of ether oxygens (including phenoxy) is 1. The van der Waals surface area contributed by atoms with E-state index in [2.05, 4.69) is 20.4 Å². The highest BCUT2D eigenvalue weighted by molar-refractivity contribution is 5.91. The van der Waals surface area contributed by atoms with Gasteiger partial charge in [-0.1, -0.05) is 32.1 Å². The van der Waals surface area contributed by atoms with Gasteiger partial charge < -0.3 is 4.74 Å². The number of carbonyl (C=O) groups is 2. The highest BCUT2D eigenvalue weighted by atomic mass is 16.5. The lowest BCUT2D eigenvalue weighted by Crippen LogP contribution is -2.51. The van der Waals surface area contributed by atoms with Crippen molar-refractivity contribution in [2.45, 2.75) is 65.2 Å². The molecule has 0 bridgehead atoms. The summed E-state index contributed by atoms with van der Waals surface area (Å²) in [6, 6.07) is 0. The Hall–Kier alpha value is -1.38. The zero-order chi connectivity index (χ0) is 18.5. The number of allylic oxidation sites excluding steroid dienone is 1. The van der Waals surface area contributed by atoms with Crippen LogP contribution in [0.4, 0.5) is 0 Å². The minimum Gasteiger partial charge on any atom is -0.461 e. The second kappa shape index (κ2) is 6.35. The quantitative estimate of drug-likeness (QED) is 0.535. The molecule has 4 aliphatic rings. The van der Waals surface area contributed by atoms with Crippen molar-refractivity contribution in [3.05, 3.63) is 24.3 Å². The van der Waals surface area contributed by atoms with Crippen LogP contribution in [0, 0.1) is 34.5 Å². The lowest BCUT2D eigenvalue weighted by molar-refractivity contribution is -0.154. The number of rotatable bonds is 3. The molecule has 4 aliphatic carbocycles. The maximum Gasteiger partial charge on any atom is 0.309 e. The first kappa shape index (κ1) is 18.0. The van der Waals surface area contributed by atoms with E-state index in [-0.39, 0.29) is 22.7 Å². The van der Waals surface area contributed by atoms with Gasteiger partial charge in [0.05, 0.1) is 5.92 Å². The molecule has 0 aromatic rings. The largest absolute Gasteiger partial charge is 0.461 e. The number of esters is 1. The molecule has 0 amide bonds. The van der Waals surface area contributed by atoms with Crippen LogP contribution < -0.4 is 0 Å². The minimum atomic E-state index is -0.0146. The fraction of sp³-hybridized carbons (Fsp3) is 0.739. The molecule has 0 radical (unpaired) electrons. The third-order valence-corrected chi connectivity index (χ3v) is 8.59. The van der Waals surface area contributed by atoms with Gasteiger partial charge in [-0.25, -0.2) is 0 Å². The zero-order valence-electron chi connectivity index (χ0n) is 16.3. The summed E-state index contributed by atoms with van der Waals surface area (Å²) in [6.07, 6.45) is 12.0. The molecule has 0 aliphatic heterocycles. The smallest absolute Gasteiger partial charge is 0.309 e. The number of carbonyl (C=O) groups excluding carboxylic acids is 2. The van der Waals surface area contributed by atoms with Gasteiger partial charge in [-0.05, 0) is 79.6 Å². The van der Waals surface area contributed by atoms with Gasteiger partial charge in [0.2, 0.25) is 0 Å². The van der Waals surface area contributed by atoms with Gasteiger partial charge in [-0.2, -0.15) is 0 Å². The Morgan fingerprint density at radius 3 is 2.77 bits per heavy atom. The first-order valence-corrected chi connectivity index (χ1v) is 10.4. The highest BCUT2D eigenvalue weighted by Crippen LogP contribution is 2.66. The molecule has 142 valence electrons. The number of hydrogen-bond acceptors (Lipinski definition) is 3. The fourth-order valence-electron chi connectivity index (χ4n) is 7.19. The summed E-state index contributed by atoms with van der Waals surface area (Å²) < 4.78 is 5.44. The lowest BCUT2D eigenvalue weighted by Gasteiger charge is -2.57. The van der Waals surface area contributed by atoms with Crippen LogP contribution in [-0.2, 0) is 14.3 Å². The van der Waals surface area contributed by atoms with Crippen LogP contribution in [0.2, 0.25) is 0 Å². The van der Waals surface area contributed by atoms with E-state index in [4.69, 9.17) is 4.74 Å². The molecular formula is C23H32O3. The van der Waals surface area contributed by atoms with E-state index in [1.54, 1.807) is 6.08 Å². The van der Waals surface area contributed by atoms with Crippen LogP contribution >= 0.6 is 0 Å². The standard InChI is InChI=1S/C23H32O3/c1-4-13-26-21(25)20-8-7-18-17-6-5-15-14-16(24)9-11-22(15,2)19(17)10-12-23(18,20)3/h4,14,17-20H,1,5-13H2,2-3H3/t17-,18-,19+,20?,22-,23-/m0/s1. The molecule has 0 saturated heterocycles. The molecule has 0 aromatic carbocycles. The molecule has 0 aromatic heterocycles. The summed E-state index contributed by atoms with van der Waals surface area (Å²) in [5.74, 6) is 2.35. The number of hydrogen-bond donors (Lipinski definition) is 0. The van der Waals surface area contributed by atoms with Gasteiger partial charge in [0.1, 0.15) is 6.61 Å². The van der Waals surface area contributed by atoms with Crippen LogP contribution in [0.1, 0.15) is 65.2 Å². The van der Waals surface area contributed by atoms with E-state index in [9.17, 15) is 9.59 Å². The molecule has 0 N–H and O–H groups in total. The van der Waals surface area contributed by atoms with Crippen LogP contribution in [0.3, 0.4) is 0 Å². The summed E-state index contributed by atoms with van der Waals surface area (Å²) in [5.41, 5.74) is 1.71. The predicted octanol–water partition coefficient (Wildman–Crippen LogP) is 4.86. The molecule has 3 fully saturated rings. The van der Waals surface area contributed by atoms with E-state index in [0.717, 1.165) is 32.1 Å². The molecule has 0 spiro atoms. The van der Waals surface area contributed by atoms with Gasteiger partial charge in [0, 0.05) is 6.42 Å². The Labute approximate surface area is 157 Å². The number of ketones is 1. The summed E-state index contributed by atoms with van der Waals surface area (Å²) >= 11 is 0. The second-order valence-corrected chi connectivity index (χ2v) is 9.56. The Balaban J connectivity index is 1.58. The van der Waals surface area contributed by atoms with E-state index in [1.165, 1.54) is 18.4 Å². The molecule has 3 heteroatoms. The molecule has 3 nitrogen and oxygen atoms in total. The normalized spacial score (nSPS) is 44.4. The van der Waals surface area contributed by atoms with Crippen LogP contribution in [-0.4, -0.2) is 18.4 Å². The SMILES string of the molecule is C=CCOC(=O)C1CC[C@H]2[C@@H]3CCC4=CC(=O)CC[C@]4(C)[C@@H]3CC[C@]12C. The molecular weight excluding hydrogens is 324 g/mol. The van der Waals surface area contributed by atoms with Crippen molar-refractivity contribution in [3.63, 3.8) is 0 Å².